The Kier molecular flexibility index (Phi) is 9.20. The summed E-state index contributed by atoms with van der Waals surface area (Å²) in [6, 6.07) is 13.9. The van der Waals surface area contributed by atoms with Gasteiger partial charge in [0.1, 0.15) is 12.6 Å². The fraction of sp³-hybridized carbons (Fsp3) is 0.407. The van der Waals surface area contributed by atoms with E-state index >= 15 is 0 Å². The van der Waals surface area contributed by atoms with Crippen LogP contribution in [0.1, 0.15) is 53.2 Å². The Morgan fingerprint density at radius 1 is 1.03 bits per heavy atom. The minimum absolute atomic E-state index is 0.343. The number of piperidine rings is 1. The molecule has 174 valence electrons. The van der Waals surface area contributed by atoms with Crippen LogP contribution >= 0.6 is 0 Å². The zero-order valence-electron chi connectivity index (χ0n) is 19.0. The van der Waals surface area contributed by atoms with Gasteiger partial charge in [-0.2, -0.15) is 0 Å². The number of benzene rings is 2. The highest BCUT2D eigenvalue weighted by Gasteiger charge is 2.25. The monoisotopic (exact) mass is 448 g/mol. The summed E-state index contributed by atoms with van der Waals surface area (Å²) in [5, 5.41) is 24.5. The third-order valence-corrected chi connectivity index (χ3v) is 6.02. The summed E-state index contributed by atoms with van der Waals surface area (Å²) in [6.07, 6.45) is 3.77. The van der Waals surface area contributed by atoms with Gasteiger partial charge < -0.3 is 20.8 Å². The van der Waals surface area contributed by atoms with Crippen molar-refractivity contribution in [3.8, 4) is 11.8 Å². The number of carbonyl (C=O) groups is 2. The van der Waals surface area contributed by atoms with Gasteiger partial charge in [-0.15, -0.1) is 0 Å². The molecule has 0 aromatic heterocycles. The van der Waals surface area contributed by atoms with E-state index in [1.807, 2.05) is 12.1 Å². The molecular formula is C27H32N2O4. The third kappa shape index (κ3) is 7.54. The van der Waals surface area contributed by atoms with Crippen molar-refractivity contribution in [2.75, 3.05) is 19.7 Å². The van der Waals surface area contributed by atoms with E-state index in [9.17, 15) is 14.7 Å². The highest BCUT2D eigenvalue weighted by molar-refractivity contribution is 5.98. The Bertz CT molecular complexity index is 982. The number of hydrogen-bond donors (Lipinski definition) is 4. The molecule has 1 heterocycles. The second kappa shape index (κ2) is 12.3. The molecule has 0 saturated carbocycles. The smallest absolute Gasteiger partial charge is 0.251 e. The van der Waals surface area contributed by atoms with E-state index in [0.717, 1.165) is 36.6 Å². The molecule has 0 bridgehead atoms. The van der Waals surface area contributed by atoms with Gasteiger partial charge in [0, 0.05) is 16.7 Å². The van der Waals surface area contributed by atoms with Crippen molar-refractivity contribution in [1.29, 1.82) is 0 Å². The first kappa shape index (κ1) is 24.7. The van der Waals surface area contributed by atoms with Crippen LogP contribution in [0.2, 0.25) is 0 Å². The average Bonchev–Trinajstić information content (AvgIpc) is 2.85. The van der Waals surface area contributed by atoms with Gasteiger partial charge >= 0.3 is 0 Å². The van der Waals surface area contributed by atoms with Crippen molar-refractivity contribution >= 4 is 11.7 Å². The predicted molar refractivity (Wildman–Crippen MR) is 128 cm³/mol. The maximum Gasteiger partial charge on any atom is 0.251 e. The molecule has 33 heavy (non-hydrogen) atoms. The van der Waals surface area contributed by atoms with E-state index < -0.39 is 30.4 Å². The molecule has 1 amide bonds. The van der Waals surface area contributed by atoms with Crippen molar-refractivity contribution in [3.63, 3.8) is 0 Å². The average molecular weight is 449 g/mol. The molecular weight excluding hydrogens is 416 g/mol. The lowest BCUT2D eigenvalue weighted by molar-refractivity contribution is -0.125. The standard InChI is InChI=1S/C27H32N2O4/c1-19(31)26(25(32)18-30)29-27(33)24-12-10-22(11-13-24)7-6-20-2-4-21(5-3-20)8-9-23-14-16-28-17-15-23/h2-5,10-13,19,23,26,28,30-31H,8-9,14-18H2,1H3,(H,29,33)/t19-,26+/m1/s1. The molecule has 1 aliphatic rings. The number of carbonyl (C=O) groups excluding carboxylic acids is 2. The van der Waals surface area contributed by atoms with Gasteiger partial charge in [0.05, 0.1) is 6.10 Å². The molecule has 6 heteroatoms. The number of Topliss-reactive ketones (excluding diaryl/α,β-unsaturated/α-hetero) is 1. The number of ketones is 1. The van der Waals surface area contributed by atoms with Gasteiger partial charge in [-0.05, 0) is 93.6 Å². The highest BCUT2D eigenvalue weighted by Crippen LogP contribution is 2.19. The molecule has 3 rings (SSSR count). The largest absolute Gasteiger partial charge is 0.391 e. The van der Waals surface area contributed by atoms with E-state index in [1.165, 1.54) is 31.7 Å². The van der Waals surface area contributed by atoms with E-state index in [0.29, 0.717) is 5.56 Å². The molecule has 0 radical (unpaired) electrons. The van der Waals surface area contributed by atoms with Gasteiger partial charge in [0.25, 0.3) is 5.91 Å². The van der Waals surface area contributed by atoms with Crippen molar-refractivity contribution in [1.82, 2.24) is 10.6 Å². The van der Waals surface area contributed by atoms with Gasteiger partial charge in [-0.3, -0.25) is 9.59 Å². The number of aliphatic hydroxyl groups is 2. The topological polar surface area (TPSA) is 98.7 Å². The van der Waals surface area contributed by atoms with E-state index in [-0.39, 0.29) is 0 Å². The summed E-state index contributed by atoms with van der Waals surface area (Å²) in [6.45, 7) is 2.91. The molecule has 1 saturated heterocycles. The Morgan fingerprint density at radius 2 is 1.61 bits per heavy atom. The molecule has 6 nitrogen and oxygen atoms in total. The molecule has 2 aromatic rings. The summed E-state index contributed by atoms with van der Waals surface area (Å²) >= 11 is 0. The number of rotatable bonds is 8. The number of amides is 1. The first-order valence-corrected chi connectivity index (χ1v) is 11.5. The van der Waals surface area contributed by atoms with Gasteiger partial charge in [0.15, 0.2) is 5.78 Å². The first-order valence-electron chi connectivity index (χ1n) is 11.5. The lowest BCUT2D eigenvalue weighted by Crippen LogP contribution is -2.48. The summed E-state index contributed by atoms with van der Waals surface area (Å²) in [4.78, 5) is 24.0. The molecule has 2 aromatic carbocycles. The first-order chi connectivity index (χ1) is 16.0. The SMILES string of the molecule is C[C@@H](O)[C@H](NC(=O)c1ccc(C#Cc2ccc(CCC3CCNCC3)cc2)cc1)C(=O)CO. The zero-order chi connectivity index (χ0) is 23.6. The molecule has 1 fully saturated rings. The van der Waals surface area contributed by atoms with Crippen LogP contribution in [0, 0.1) is 17.8 Å². The lowest BCUT2D eigenvalue weighted by atomic mass is 9.91. The number of hydrogen-bond acceptors (Lipinski definition) is 5. The number of aryl methyl sites for hydroxylation is 1. The fourth-order valence-corrected chi connectivity index (χ4v) is 3.94. The molecule has 1 aliphatic heterocycles. The van der Waals surface area contributed by atoms with Crippen LogP contribution in [-0.2, 0) is 11.2 Å². The van der Waals surface area contributed by atoms with E-state index in [2.05, 4.69) is 34.6 Å². The summed E-state index contributed by atoms with van der Waals surface area (Å²) < 4.78 is 0. The quantitative estimate of drug-likeness (QED) is 0.464. The van der Waals surface area contributed by atoms with Crippen molar-refractivity contribution in [2.45, 2.75) is 44.8 Å². The third-order valence-electron chi connectivity index (χ3n) is 6.02. The van der Waals surface area contributed by atoms with Crippen molar-refractivity contribution in [2.24, 2.45) is 5.92 Å². The Morgan fingerprint density at radius 3 is 2.15 bits per heavy atom. The van der Waals surface area contributed by atoms with Crippen molar-refractivity contribution in [3.05, 3.63) is 70.8 Å². The number of aliphatic hydroxyl groups excluding tert-OH is 2. The van der Waals surface area contributed by atoms with E-state index in [1.54, 1.807) is 24.3 Å². The van der Waals surface area contributed by atoms with Crippen LogP contribution in [0.5, 0.6) is 0 Å². The van der Waals surface area contributed by atoms with Gasteiger partial charge in [-0.1, -0.05) is 24.0 Å². The van der Waals surface area contributed by atoms with Crippen LogP contribution in [-0.4, -0.2) is 53.7 Å². The second-order valence-corrected chi connectivity index (χ2v) is 8.57. The predicted octanol–water partition coefficient (Wildman–Crippen LogP) is 2.06. The van der Waals surface area contributed by atoms with Crippen LogP contribution < -0.4 is 10.6 Å². The molecule has 0 spiro atoms. The zero-order valence-corrected chi connectivity index (χ0v) is 19.0. The van der Waals surface area contributed by atoms with Crippen LogP contribution in [0.4, 0.5) is 0 Å². The maximum atomic E-state index is 12.4. The molecule has 2 atom stereocenters. The van der Waals surface area contributed by atoms with Crippen molar-refractivity contribution < 1.29 is 19.8 Å². The summed E-state index contributed by atoms with van der Waals surface area (Å²) in [5.41, 5.74) is 3.38. The van der Waals surface area contributed by atoms with Gasteiger partial charge in [0.2, 0.25) is 0 Å². The summed E-state index contributed by atoms with van der Waals surface area (Å²) in [5.74, 6) is 5.93. The van der Waals surface area contributed by atoms with Crippen LogP contribution in [0.3, 0.4) is 0 Å². The molecule has 4 N–H and O–H groups in total. The maximum absolute atomic E-state index is 12.4. The Balaban J connectivity index is 1.55. The van der Waals surface area contributed by atoms with Crippen LogP contribution in [0.25, 0.3) is 0 Å². The molecule has 0 unspecified atom stereocenters. The minimum Gasteiger partial charge on any atom is -0.391 e. The highest BCUT2D eigenvalue weighted by atomic mass is 16.3. The van der Waals surface area contributed by atoms with E-state index in [4.69, 9.17) is 5.11 Å². The minimum atomic E-state index is -1.15. The van der Waals surface area contributed by atoms with Gasteiger partial charge in [-0.25, -0.2) is 0 Å². The Hall–Kier alpha value is -2.98. The van der Waals surface area contributed by atoms with Crippen LogP contribution in [0.15, 0.2) is 48.5 Å². The summed E-state index contributed by atoms with van der Waals surface area (Å²) in [7, 11) is 0. The number of nitrogens with one attached hydrogen (secondary N) is 2. The fourth-order valence-electron chi connectivity index (χ4n) is 3.94. The lowest BCUT2D eigenvalue weighted by Gasteiger charge is -2.22. The second-order valence-electron chi connectivity index (χ2n) is 8.57. The Labute approximate surface area is 195 Å². The normalized spacial score (nSPS) is 15.7. The molecule has 0 aliphatic carbocycles.